The monoisotopic (exact) mass is 680 g/mol. The molecule has 1 atom stereocenters. The summed E-state index contributed by atoms with van der Waals surface area (Å²) >= 11 is 4.72. The van der Waals surface area contributed by atoms with Gasteiger partial charge in [0.25, 0.3) is 0 Å². The normalized spacial score (nSPS) is 16.2. The van der Waals surface area contributed by atoms with Gasteiger partial charge in [0.15, 0.2) is 0 Å². The molecule has 3 aromatic rings. The number of aliphatic imine (C=N–C) groups is 5. The van der Waals surface area contributed by atoms with Crippen molar-refractivity contribution in [3.05, 3.63) is 89.0 Å². The van der Waals surface area contributed by atoms with E-state index in [2.05, 4.69) is 10.2 Å². The fourth-order valence-corrected chi connectivity index (χ4v) is 4.22. The zero-order chi connectivity index (χ0) is 26.9. The summed E-state index contributed by atoms with van der Waals surface area (Å²) in [6.45, 7) is 9.64. The third-order valence-corrected chi connectivity index (χ3v) is 6.37. The van der Waals surface area contributed by atoms with Crippen LogP contribution in [-0.2, 0) is 6.42 Å². The van der Waals surface area contributed by atoms with Crippen LogP contribution in [0.25, 0.3) is 0 Å². The molecule has 0 saturated heterocycles. The van der Waals surface area contributed by atoms with Gasteiger partial charge in [-0.2, -0.15) is 4.99 Å². The van der Waals surface area contributed by atoms with Crippen molar-refractivity contribution in [2.75, 3.05) is 19.6 Å². The molecule has 1 aromatic carbocycles. The average Bonchev–Trinajstić information content (AvgIpc) is 2.94. The van der Waals surface area contributed by atoms with Crippen molar-refractivity contribution in [1.29, 1.82) is 0 Å². The van der Waals surface area contributed by atoms with E-state index in [0.29, 0.717) is 19.6 Å². The van der Waals surface area contributed by atoms with Gasteiger partial charge in [-0.3, -0.25) is 20.0 Å². The Morgan fingerprint density at radius 1 is 0.718 bits per heavy atom. The maximum atomic E-state index is 5.09. The van der Waals surface area contributed by atoms with E-state index in [0.717, 1.165) is 63.3 Å². The molecule has 0 fully saturated rings. The Hall–Kier alpha value is -2.71. The van der Waals surface area contributed by atoms with E-state index >= 15 is 0 Å². The number of pyridine rings is 2. The van der Waals surface area contributed by atoms with Gasteiger partial charge < -0.3 is 0 Å². The Morgan fingerprint density at radius 2 is 1.21 bits per heavy atom. The first-order valence-corrected chi connectivity index (χ1v) is 13.0. The quantitative estimate of drug-likeness (QED) is 0.260. The van der Waals surface area contributed by atoms with Gasteiger partial charge in [0.1, 0.15) is 0 Å². The van der Waals surface area contributed by atoms with Crippen LogP contribution >= 0.6 is 12.2 Å². The molecule has 3 heterocycles. The van der Waals surface area contributed by atoms with Crippen LogP contribution in [0.4, 0.5) is 5.69 Å². The van der Waals surface area contributed by atoms with Crippen LogP contribution in [0, 0.1) is 38.6 Å². The number of fused-ring (bicyclic) bond motifs is 4. The fraction of sp³-hybridized carbons (Fsp3) is 0.300. The SMILES string of the molecule is CC1=NCCN=C(C)c2cccc(n2)C(C)=NC(Cc2ccc(N=C=S)cc2)CN=C(C)c2cccc1n2.[Tb+3]. The molecule has 1 aliphatic heterocycles. The van der Waals surface area contributed by atoms with Crippen LogP contribution in [0.2, 0.25) is 0 Å². The number of rotatable bonds is 3. The second kappa shape index (κ2) is 15.2. The molecule has 2 aromatic heterocycles. The second-order valence-electron chi connectivity index (χ2n) is 9.12. The molecule has 1 aliphatic rings. The fourth-order valence-electron chi connectivity index (χ4n) is 4.12. The number of hydrogen-bond donors (Lipinski definition) is 0. The van der Waals surface area contributed by atoms with Crippen molar-refractivity contribution in [1.82, 2.24) is 9.97 Å². The van der Waals surface area contributed by atoms with E-state index in [1.54, 1.807) is 0 Å². The van der Waals surface area contributed by atoms with Crippen LogP contribution in [0.3, 0.4) is 0 Å². The molecule has 9 heteroatoms. The minimum atomic E-state index is -0.0876. The molecular weight excluding hydrogens is 649 g/mol. The Balaban J connectivity index is 0.00000420. The molecule has 4 bridgehead atoms. The zero-order valence-corrected chi connectivity index (χ0v) is 25.5. The minimum absolute atomic E-state index is 0. The average molecular weight is 681 g/mol. The summed E-state index contributed by atoms with van der Waals surface area (Å²) in [6, 6.07) is 19.8. The molecule has 7 nitrogen and oxygen atoms in total. The molecule has 0 amide bonds. The topological polar surface area (TPSA) is 87.6 Å². The second-order valence-corrected chi connectivity index (χ2v) is 9.30. The maximum Gasteiger partial charge on any atom is 3.00 e. The van der Waals surface area contributed by atoms with Gasteiger partial charge in [-0.25, -0.2) is 9.97 Å². The van der Waals surface area contributed by atoms with Crippen LogP contribution in [-0.4, -0.2) is 63.7 Å². The predicted molar refractivity (Wildman–Crippen MR) is 161 cm³/mol. The molecule has 0 spiro atoms. The first-order chi connectivity index (χ1) is 18.4. The van der Waals surface area contributed by atoms with Crippen LogP contribution in [0.1, 0.15) is 56.0 Å². The number of hydrogen-bond acceptors (Lipinski definition) is 8. The molecule has 39 heavy (non-hydrogen) atoms. The van der Waals surface area contributed by atoms with E-state index in [9.17, 15) is 0 Å². The first-order valence-electron chi connectivity index (χ1n) is 12.6. The summed E-state index contributed by atoms with van der Waals surface area (Å²) in [5.41, 5.74) is 8.77. The number of thiocarbonyl (C=S) groups is 1. The largest absolute Gasteiger partial charge is 3.00 e. The molecule has 0 saturated carbocycles. The van der Waals surface area contributed by atoms with Gasteiger partial charge in [0, 0.05) is 0 Å². The van der Waals surface area contributed by atoms with Gasteiger partial charge in [0.2, 0.25) is 0 Å². The Bertz CT molecular complexity index is 1470. The Kier molecular flexibility index (Phi) is 12.0. The van der Waals surface area contributed by atoms with E-state index in [1.807, 2.05) is 88.4 Å². The predicted octanol–water partition coefficient (Wildman–Crippen LogP) is 5.77. The summed E-state index contributed by atoms with van der Waals surface area (Å²) in [7, 11) is 0. The standard InChI is InChI=1S/C30H31N7S.Tb/c1-20-27-7-5-9-29(36-27)22(3)33-18-26(17-24-11-13-25(14-12-24)34-19-38)35-23(4)30-10-6-8-28(37-30)21(2)32-16-15-31-20;/h5-14,26H,15-18H2,1-4H3;/q;+3. The van der Waals surface area contributed by atoms with E-state index < -0.39 is 0 Å². The van der Waals surface area contributed by atoms with Crippen molar-refractivity contribution >= 4 is 45.9 Å². The number of benzene rings is 1. The molecule has 4 rings (SSSR count). The molecule has 1 unspecified atom stereocenters. The number of isothiocyanates is 1. The van der Waals surface area contributed by atoms with Crippen molar-refractivity contribution in [2.24, 2.45) is 25.0 Å². The summed E-state index contributed by atoms with van der Waals surface area (Å²) < 4.78 is 0. The molecule has 198 valence electrons. The molecule has 0 radical (unpaired) electrons. The van der Waals surface area contributed by atoms with Crippen molar-refractivity contribution < 1.29 is 38.6 Å². The molecule has 0 aliphatic carbocycles. The Labute approximate surface area is 266 Å². The summed E-state index contributed by atoms with van der Waals surface area (Å²) in [6.07, 6.45) is 0.717. The third kappa shape index (κ3) is 8.90. The minimum Gasteiger partial charge on any atom is -0.286 e. The van der Waals surface area contributed by atoms with Crippen molar-refractivity contribution in [3.63, 3.8) is 0 Å². The van der Waals surface area contributed by atoms with Gasteiger partial charge in [-0.15, -0.1) is 0 Å². The van der Waals surface area contributed by atoms with Gasteiger partial charge in [-0.05, 0) is 88.3 Å². The number of aromatic nitrogens is 2. The first kappa shape index (κ1) is 30.8. The van der Waals surface area contributed by atoms with Crippen LogP contribution in [0.15, 0.2) is 85.6 Å². The Morgan fingerprint density at radius 3 is 1.72 bits per heavy atom. The van der Waals surface area contributed by atoms with Crippen LogP contribution in [0.5, 0.6) is 0 Å². The van der Waals surface area contributed by atoms with Crippen LogP contribution < -0.4 is 0 Å². The van der Waals surface area contributed by atoms with Crippen molar-refractivity contribution in [3.8, 4) is 0 Å². The van der Waals surface area contributed by atoms with Crippen molar-refractivity contribution in [2.45, 2.75) is 40.2 Å². The summed E-state index contributed by atoms with van der Waals surface area (Å²) in [4.78, 5) is 33.1. The summed E-state index contributed by atoms with van der Waals surface area (Å²) in [5, 5.41) is 2.41. The zero-order valence-electron chi connectivity index (χ0n) is 22.6. The van der Waals surface area contributed by atoms with E-state index in [4.69, 9.17) is 42.2 Å². The van der Waals surface area contributed by atoms with Gasteiger partial charge in [0.05, 0.1) is 82.1 Å². The van der Waals surface area contributed by atoms with Gasteiger partial charge in [-0.1, -0.05) is 24.3 Å². The molecular formula is C30H31N7STb+3. The van der Waals surface area contributed by atoms with E-state index in [-0.39, 0.29) is 44.7 Å². The smallest absolute Gasteiger partial charge is 0.286 e. The summed E-state index contributed by atoms with van der Waals surface area (Å²) in [5.74, 6) is 0. The maximum absolute atomic E-state index is 5.09. The van der Waals surface area contributed by atoms with E-state index in [1.165, 1.54) is 0 Å². The third-order valence-electron chi connectivity index (χ3n) is 6.28. The number of nitrogens with zero attached hydrogens (tertiary/aromatic N) is 7. The van der Waals surface area contributed by atoms with Gasteiger partial charge >= 0.3 is 38.6 Å². The molecule has 0 N–H and O–H groups in total.